The molecule has 2 unspecified atom stereocenters. The van der Waals surface area contributed by atoms with E-state index in [1.54, 1.807) is 0 Å². The maximum Gasteiger partial charge on any atom is 0.193 e. The molecule has 1 fully saturated rings. The van der Waals surface area contributed by atoms with E-state index in [0.717, 1.165) is 49.5 Å². The van der Waals surface area contributed by atoms with E-state index in [-0.39, 0.29) is 0 Å². The summed E-state index contributed by atoms with van der Waals surface area (Å²) in [4.78, 5) is 6.87. The Morgan fingerprint density at radius 1 is 1.20 bits per heavy atom. The molecule has 0 saturated carbocycles. The van der Waals surface area contributed by atoms with Gasteiger partial charge in [0, 0.05) is 32.9 Å². The van der Waals surface area contributed by atoms with Gasteiger partial charge in [-0.1, -0.05) is 32.0 Å². The Balaban J connectivity index is 1.53. The van der Waals surface area contributed by atoms with Gasteiger partial charge >= 0.3 is 0 Å². The normalized spacial score (nSPS) is 21.4. The van der Waals surface area contributed by atoms with E-state index in [0.29, 0.717) is 0 Å². The molecule has 0 radical (unpaired) electrons. The van der Waals surface area contributed by atoms with Crippen LogP contribution in [-0.2, 0) is 6.42 Å². The molecule has 0 aliphatic carbocycles. The van der Waals surface area contributed by atoms with Gasteiger partial charge < -0.3 is 10.2 Å². The highest BCUT2D eigenvalue weighted by Gasteiger charge is 2.23. The SMILES string of the molecule is CN=C(NCCc1cnn(-c2ccccc2)c1)N1CC(C)CC(C)C1. The second-order valence-corrected chi connectivity index (χ2v) is 7.20. The fraction of sp³-hybridized carbons (Fsp3) is 0.500. The van der Waals surface area contributed by atoms with Crippen LogP contribution in [0.15, 0.2) is 47.7 Å². The van der Waals surface area contributed by atoms with Gasteiger partial charge in [-0.25, -0.2) is 4.68 Å². The summed E-state index contributed by atoms with van der Waals surface area (Å²) in [6.07, 6.45) is 6.30. The maximum atomic E-state index is 4.48. The number of likely N-dealkylation sites (tertiary alicyclic amines) is 1. The lowest BCUT2D eigenvalue weighted by molar-refractivity contribution is 0.208. The van der Waals surface area contributed by atoms with Crippen LogP contribution in [-0.4, -0.2) is 47.3 Å². The summed E-state index contributed by atoms with van der Waals surface area (Å²) in [5.74, 6) is 2.48. The van der Waals surface area contributed by atoms with Crippen LogP contribution in [0.1, 0.15) is 25.8 Å². The standard InChI is InChI=1S/C20H29N5/c1-16-11-17(2)14-24(13-16)20(21-3)22-10-9-18-12-23-25(15-18)19-7-5-4-6-8-19/h4-8,12,15-17H,9-11,13-14H2,1-3H3,(H,21,22). The molecule has 1 aliphatic rings. The average Bonchev–Trinajstić information content (AvgIpc) is 3.07. The number of benzene rings is 1. The Kier molecular flexibility index (Phi) is 5.74. The van der Waals surface area contributed by atoms with Crippen LogP contribution in [0.3, 0.4) is 0 Å². The number of hydrogen-bond donors (Lipinski definition) is 1. The van der Waals surface area contributed by atoms with Gasteiger partial charge in [0.2, 0.25) is 0 Å². The van der Waals surface area contributed by atoms with Gasteiger partial charge in [0.25, 0.3) is 0 Å². The summed E-state index contributed by atoms with van der Waals surface area (Å²) in [6, 6.07) is 10.2. The Labute approximate surface area is 150 Å². The van der Waals surface area contributed by atoms with Crippen molar-refractivity contribution in [2.45, 2.75) is 26.7 Å². The van der Waals surface area contributed by atoms with Crippen molar-refractivity contribution < 1.29 is 0 Å². The summed E-state index contributed by atoms with van der Waals surface area (Å²) < 4.78 is 1.93. The zero-order valence-corrected chi connectivity index (χ0v) is 15.5. The zero-order valence-electron chi connectivity index (χ0n) is 15.5. The van der Waals surface area contributed by atoms with Crippen LogP contribution in [0.5, 0.6) is 0 Å². The first-order valence-electron chi connectivity index (χ1n) is 9.20. The summed E-state index contributed by atoms with van der Waals surface area (Å²) >= 11 is 0. The summed E-state index contributed by atoms with van der Waals surface area (Å²) in [5, 5.41) is 7.98. The highest BCUT2D eigenvalue weighted by molar-refractivity contribution is 5.80. The van der Waals surface area contributed by atoms with E-state index in [1.165, 1.54) is 12.0 Å². The van der Waals surface area contributed by atoms with Crippen molar-refractivity contribution >= 4 is 5.96 Å². The Bertz CT molecular complexity index is 681. The van der Waals surface area contributed by atoms with Gasteiger partial charge in [-0.2, -0.15) is 5.10 Å². The van der Waals surface area contributed by atoms with Gasteiger partial charge in [-0.05, 0) is 42.4 Å². The molecule has 1 N–H and O–H groups in total. The van der Waals surface area contributed by atoms with Crippen molar-refractivity contribution in [2.75, 3.05) is 26.7 Å². The lowest BCUT2D eigenvalue weighted by atomic mass is 9.92. The van der Waals surface area contributed by atoms with Crippen molar-refractivity contribution in [2.24, 2.45) is 16.8 Å². The third-order valence-corrected chi connectivity index (χ3v) is 4.73. The summed E-state index contributed by atoms with van der Waals surface area (Å²) in [6.45, 7) is 7.71. The quantitative estimate of drug-likeness (QED) is 0.688. The highest BCUT2D eigenvalue weighted by Crippen LogP contribution is 2.20. The number of nitrogens with zero attached hydrogens (tertiary/aromatic N) is 4. The average molecular weight is 339 g/mol. The molecule has 1 saturated heterocycles. The minimum absolute atomic E-state index is 0.728. The van der Waals surface area contributed by atoms with E-state index >= 15 is 0 Å². The lowest BCUT2D eigenvalue weighted by Gasteiger charge is -2.37. The number of rotatable bonds is 4. The second kappa shape index (κ2) is 8.19. The number of nitrogens with one attached hydrogen (secondary N) is 1. The van der Waals surface area contributed by atoms with Crippen molar-refractivity contribution in [3.63, 3.8) is 0 Å². The minimum atomic E-state index is 0.728. The third kappa shape index (κ3) is 4.62. The number of guanidine groups is 1. The molecular weight excluding hydrogens is 310 g/mol. The Hall–Kier alpha value is -2.30. The molecular formula is C20H29N5. The fourth-order valence-corrected chi connectivity index (χ4v) is 3.70. The van der Waals surface area contributed by atoms with Gasteiger partial charge in [-0.3, -0.25) is 4.99 Å². The smallest absolute Gasteiger partial charge is 0.193 e. The lowest BCUT2D eigenvalue weighted by Crippen LogP contribution is -2.48. The molecule has 3 rings (SSSR count). The molecule has 2 atom stereocenters. The first-order valence-corrected chi connectivity index (χ1v) is 9.20. The van der Waals surface area contributed by atoms with Crippen LogP contribution >= 0.6 is 0 Å². The minimum Gasteiger partial charge on any atom is -0.356 e. The van der Waals surface area contributed by atoms with E-state index in [2.05, 4.69) is 52.5 Å². The predicted octanol–water partition coefficient (Wildman–Crippen LogP) is 2.97. The molecule has 2 aromatic rings. The number of aliphatic imine (C=N–C) groups is 1. The number of hydrogen-bond acceptors (Lipinski definition) is 2. The van der Waals surface area contributed by atoms with Gasteiger partial charge in [0.05, 0.1) is 11.9 Å². The van der Waals surface area contributed by atoms with E-state index in [1.807, 2.05) is 36.1 Å². The Morgan fingerprint density at radius 3 is 2.60 bits per heavy atom. The first-order chi connectivity index (χ1) is 12.2. The van der Waals surface area contributed by atoms with Crippen molar-refractivity contribution in [1.82, 2.24) is 20.0 Å². The molecule has 5 heteroatoms. The monoisotopic (exact) mass is 339 g/mol. The molecule has 1 aromatic heterocycles. The van der Waals surface area contributed by atoms with E-state index in [4.69, 9.17) is 0 Å². The van der Waals surface area contributed by atoms with Crippen molar-refractivity contribution in [3.8, 4) is 5.69 Å². The van der Waals surface area contributed by atoms with Crippen LogP contribution < -0.4 is 5.32 Å². The fourth-order valence-electron chi connectivity index (χ4n) is 3.70. The van der Waals surface area contributed by atoms with Gasteiger partial charge in [-0.15, -0.1) is 0 Å². The first kappa shape index (κ1) is 17.5. The molecule has 1 aliphatic heterocycles. The van der Waals surface area contributed by atoms with Crippen LogP contribution in [0.2, 0.25) is 0 Å². The number of aromatic nitrogens is 2. The van der Waals surface area contributed by atoms with E-state index in [9.17, 15) is 0 Å². The molecule has 134 valence electrons. The summed E-state index contributed by atoms with van der Waals surface area (Å²) in [5.41, 5.74) is 2.32. The predicted molar refractivity (Wildman–Crippen MR) is 103 cm³/mol. The summed E-state index contributed by atoms with van der Waals surface area (Å²) in [7, 11) is 1.87. The third-order valence-electron chi connectivity index (χ3n) is 4.73. The van der Waals surface area contributed by atoms with Crippen LogP contribution in [0.4, 0.5) is 0 Å². The molecule has 0 amide bonds. The molecule has 2 heterocycles. The molecule has 5 nitrogen and oxygen atoms in total. The molecule has 0 bridgehead atoms. The van der Waals surface area contributed by atoms with Crippen LogP contribution in [0.25, 0.3) is 5.69 Å². The molecule has 0 spiro atoms. The zero-order chi connectivity index (χ0) is 17.6. The molecule has 25 heavy (non-hydrogen) atoms. The van der Waals surface area contributed by atoms with Gasteiger partial charge in [0.15, 0.2) is 5.96 Å². The number of piperidine rings is 1. The topological polar surface area (TPSA) is 45.5 Å². The second-order valence-electron chi connectivity index (χ2n) is 7.20. The molecule has 1 aromatic carbocycles. The van der Waals surface area contributed by atoms with Gasteiger partial charge in [0.1, 0.15) is 0 Å². The highest BCUT2D eigenvalue weighted by atomic mass is 15.3. The number of para-hydroxylation sites is 1. The maximum absolute atomic E-state index is 4.48. The van der Waals surface area contributed by atoms with E-state index < -0.39 is 0 Å². The van der Waals surface area contributed by atoms with Crippen molar-refractivity contribution in [3.05, 3.63) is 48.3 Å². The van der Waals surface area contributed by atoms with Crippen LogP contribution in [0, 0.1) is 11.8 Å². The largest absolute Gasteiger partial charge is 0.356 e. The Morgan fingerprint density at radius 2 is 1.92 bits per heavy atom. The van der Waals surface area contributed by atoms with Crippen molar-refractivity contribution in [1.29, 1.82) is 0 Å².